The number of nitrogens with one attached hydrogen (secondary N) is 1. The average Bonchev–Trinajstić information content (AvgIpc) is 2.78. The number of halogens is 1. The minimum absolute atomic E-state index is 0. The van der Waals surface area contributed by atoms with Gasteiger partial charge in [0.15, 0.2) is 5.96 Å². The van der Waals surface area contributed by atoms with E-state index >= 15 is 0 Å². The lowest BCUT2D eigenvalue weighted by Gasteiger charge is -2.35. The molecule has 0 spiro atoms. The van der Waals surface area contributed by atoms with E-state index in [1.807, 2.05) is 4.90 Å². The first-order valence-electron chi connectivity index (χ1n) is 12.2. The van der Waals surface area contributed by atoms with Crippen LogP contribution in [0.15, 0.2) is 4.99 Å². The number of carbonyl (C=O) groups is 1. The predicted octanol–water partition coefficient (Wildman–Crippen LogP) is 3.27. The number of hydrogen-bond donors (Lipinski definition) is 1. The SMILES string of the molecule is CCNC(=NCCC(=O)N1CCCC(C)C1)N1CCC(OCC2CCCCO2)CC1.I. The highest BCUT2D eigenvalue weighted by Gasteiger charge is 2.24. The van der Waals surface area contributed by atoms with E-state index in [1.165, 1.54) is 19.3 Å². The van der Waals surface area contributed by atoms with Gasteiger partial charge in [-0.3, -0.25) is 9.79 Å². The van der Waals surface area contributed by atoms with Crippen molar-refractivity contribution in [3.05, 3.63) is 0 Å². The number of amides is 1. The van der Waals surface area contributed by atoms with E-state index in [4.69, 9.17) is 14.5 Å². The number of likely N-dealkylation sites (tertiary alicyclic amines) is 2. The minimum Gasteiger partial charge on any atom is -0.376 e. The topological polar surface area (TPSA) is 66.4 Å². The van der Waals surface area contributed by atoms with Gasteiger partial charge in [-0.1, -0.05) is 6.92 Å². The van der Waals surface area contributed by atoms with Gasteiger partial charge in [-0.2, -0.15) is 0 Å². The molecule has 3 saturated heterocycles. The molecule has 7 nitrogen and oxygen atoms in total. The van der Waals surface area contributed by atoms with Crippen LogP contribution in [-0.2, 0) is 14.3 Å². The second kappa shape index (κ2) is 14.5. The van der Waals surface area contributed by atoms with Crippen LogP contribution in [0, 0.1) is 5.92 Å². The molecule has 1 N–H and O–H groups in total. The van der Waals surface area contributed by atoms with Gasteiger partial charge >= 0.3 is 0 Å². The fourth-order valence-electron chi connectivity index (χ4n) is 4.67. The highest BCUT2D eigenvalue weighted by atomic mass is 127. The largest absolute Gasteiger partial charge is 0.376 e. The van der Waals surface area contributed by atoms with Crippen molar-refractivity contribution in [3.63, 3.8) is 0 Å². The molecule has 0 aromatic heterocycles. The van der Waals surface area contributed by atoms with Crippen LogP contribution in [0.1, 0.15) is 65.2 Å². The number of carbonyl (C=O) groups excluding carboxylic acids is 1. The van der Waals surface area contributed by atoms with Crippen molar-refractivity contribution in [2.45, 2.75) is 77.4 Å². The smallest absolute Gasteiger partial charge is 0.224 e. The summed E-state index contributed by atoms with van der Waals surface area (Å²) in [6.07, 6.45) is 9.08. The molecule has 0 aromatic rings. The molecule has 0 saturated carbocycles. The first-order chi connectivity index (χ1) is 14.7. The lowest BCUT2D eigenvalue weighted by atomic mass is 10.00. The lowest BCUT2D eigenvalue weighted by Crippen LogP contribution is -2.47. The maximum atomic E-state index is 12.5. The molecule has 3 heterocycles. The molecular weight excluding hydrogens is 507 g/mol. The van der Waals surface area contributed by atoms with Gasteiger partial charge in [0.2, 0.25) is 5.91 Å². The van der Waals surface area contributed by atoms with Crippen molar-refractivity contribution in [2.75, 3.05) is 52.5 Å². The van der Waals surface area contributed by atoms with Crippen LogP contribution in [0.5, 0.6) is 0 Å². The molecule has 3 fully saturated rings. The van der Waals surface area contributed by atoms with Crippen molar-refractivity contribution in [1.29, 1.82) is 0 Å². The Morgan fingerprint density at radius 2 is 1.90 bits per heavy atom. The number of aliphatic imine (C=N–C) groups is 1. The highest BCUT2D eigenvalue weighted by Crippen LogP contribution is 2.18. The molecule has 31 heavy (non-hydrogen) atoms. The Kier molecular flexibility index (Phi) is 12.5. The molecule has 3 aliphatic rings. The Labute approximate surface area is 205 Å². The molecule has 1 amide bonds. The monoisotopic (exact) mass is 550 g/mol. The van der Waals surface area contributed by atoms with Crippen molar-refractivity contribution in [3.8, 4) is 0 Å². The molecule has 0 radical (unpaired) electrons. The fourth-order valence-corrected chi connectivity index (χ4v) is 4.67. The first-order valence-corrected chi connectivity index (χ1v) is 12.2. The zero-order valence-electron chi connectivity index (χ0n) is 19.5. The number of hydrogen-bond acceptors (Lipinski definition) is 4. The Hall–Kier alpha value is -0.610. The molecular formula is C23H43IN4O3. The van der Waals surface area contributed by atoms with E-state index in [0.717, 1.165) is 77.6 Å². The second-order valence-corrected chi connectivity index (χ2v) is 9.08. The third-order valence-corrected chi connectivity index (χ3v) is 6.47. The van der Waals surface area contributed by atoms with Gasteiger partial charge in [0.25, 0.3) is 0 Å². The van der Waals surface area contributed by atoms with E-state index in [9.17, 15) is 4.79 Å². The minimum atomic E-state index is 0. The number of piperidine rings is 2. The third-order valence-electron chi connectivity index (χ3n) is 6.47. The van der Waals surface area contributed by atoms with Crippen LogP contribution in [0.2, 0.25) is 0 Å². The molecule has 2 atom stereocenters. The summed E-state index contributed by atoms with van der Waals surface area (Å²) in [6, 6.07) is 0. The zero-order valence-corrected chi connectivity index (χ0v) is 21.9. The lowest BCUT2D eigenvalue weighted by molar-refractivity contribution is -0.132. The van der Waals surface area contributed by atoms with Crippen LogP contribution in [-0.4, -0.2) is 86.4 Å². The summed E-state index contributed by atoms with van der Waals surface area (Å²) < 4.78 is 11.9. The van der Waals surface area contributed by atoms with Crippen molar-refractivity contribution in [2.24, 2.45) is 10.9 Å². The Balaban J connectivity index is 0.00000341. The maximum Gasteiger partial charge on any atom is 0.224 e. The number of rotatable bonds is 7. The number of guanidine groups is 1. The van der Waals surface area contributed by atoms with Gasteiger partial charge in [0.05, 0.1) is 25.4 Å². The summed E-state index contributed by atoms with van der Waals surface area (Å²) in [7, 11) is 0. The summed E-state index contributed by atoms with van der Waals surface area (Å²) in [5.74, 6) is 1.81. The highest BCUT2D eigenvalue weighted by molar-refractivity contribution is 14.0. The van der Waals surface area contributed by atoms with Gasteiger partial charge < -0.3 is 24.6 Å². The van der Waals surface area contributed by atoms with Gasteiger partial charge in [0, 0.05) is 45.8 Å². The van der Waals surface area contributed by atoms with Crippen molar-refractivity contribution in [1.82, 2.24) is 15.1 Å². The van der Waals surface area contributed by atoms with E-state index in [2.05, 4.69) is 24.1 Å². The van der Waals surface area contributed by atoms with E-state index in [0.29, 0.717) is 25.0 Å². The molecule has 8 heteroatoms. The van der Waals surface area contributed by atoms with Crippen molar-refractivity contribution >= 4 is 35.8 Å². The zero-order chi connectivity index (χ0) is 21.2. The van der Waals surface area contributed by atoms with Crippen LogP contribution in [0.25, 0.3) is 0 Å². The molecule has 0 aliphatic carbocycles. The number of ether oxygens (including phenoxy) is 2. The molecule has 0 aromatic carbocycles. The van der Waals surface area contributed by atoms with Crippen LogP contribution >= 0.6 is 24.0 Å². The van der Waals surface area contributed by atoms with Gasteiger partial charge in [-0.05, 0) is 57.8 Å². The van der Waals surface area contributed by atoms with Crippen LogP contribution in [0.3, 0.4) is 0 Å². The van der Waals surface area contributed by atoms with Crippen LogP contribution in [0.4, 0.5) is 0 Å². The maximum absolute atomic E-state index is 12.5. The van der Waals surface area contributed by atoms with E-state index in [-0.39, 0.29) is 36.0 Å². The second-order valence-electron chi connectivity index (χ2n) is 9.08. The Bertz CT molecular complexity index is 549. The average molecular weight is 551 g/mol. The summed E-state index contributed by atoms with van der Waals surface area (Å²) in [5, 5.41) is 3.40. The normalized spacial score (nSPS) is 25.8. The van der Waals surface area contributed by atoms with E-state index in [1.54, 1.807) is 0 Å². The predicted molar refractivity (Wildman–Crippen MR) is 135 cm³/mol. The Morgan fingerprint density at radius 3 is 2.58 bits per heavy atom. The molecule has 3 aliphatic heterocycles. The fraction of sp³-hybridized carbons (Fsp3) is 0.913. The first kappa shape index (κ1) is 26.6. The Morgan fingerprint density at radius 1 is 1.10 bits per heavy atom. The quantitative estimate of drug-likeness (QED) is 0.300. The van der Waals surface area contributed by atoms with Gasteiger partial charge in [-0.25, -0.2) is 0 Å². The van der Waals surface area contributed by atoms with Crippen molar-refractivity contribution < 1.29 is 14.3 Å². The summed E-state index contributed by atoms with van der Waals surface area (Å²) in [4.78, 5) is 21.6. The molecule has 0 bridgehead atoms. The molecule has 180 valence electrons. The van der Waals surface area contributed by atoms with Gasteiger partial charge in [0.1, 0.15) is 0 Å². The third kappa shape index (κ3) is 9.04. The number of nitrogens with zero attached hydrogens (tertiary/aromatic N) is 3. The molecule has 3 rings (SSSR count). The van der Waals surface area contributed by atoms with E-state index < -0.39 is 0 Å². The summed E-state index contributed by atoms with van der Waals surface area (Å²) >= 11 is 0. The van der Waals surface area contributed by atoms with Crippen LogP contribution < -0.4 is 5.32 Å². The van der Waals surface area contributed by atoms with Gasteiger partial charge in [-0.15, -0.1) is 24.0 Å². The summed E-state index contributed by atoms with van der Waals surface area (Å²) in [5.41, 5.74) is 0. The standard InChI is InChI=1S/C23H42N4O3.HI/c1-3-24-23(25-12-9-22(28)27-13-6-7-19(2)17-27)26-14-10-20(11-15-26)30-18-21-8-4-5-16-29-21;/h19-21H,3-18H2,1-2H3,(H,24,25);1H. The summed E-state index contributed by atoms with van der Waals surface area (Å²) in [6.45, 7) is 11.0. The molecule has 2 unspecified atom stereocenters.